The molecular formula is C34H65NO3. The van der Waals surface area contributed by atoms with Crippen molar-refractivity contribution in [1.82, 2.24) is 5.32 Å². The molecule has 4 heteroatoms. The van der Waals surface area contributed by atoms with Gasteiger partial charge in [-0.15, -0.1) is 0 Å². The van der Waals surface area contributed by atoms with Crippen LogP contribution in [0.4, 0.5) is 0 Å². The van der Waals surface area contributed by atoms with Crippen LogP contribution >= 0.6 is 0 Å². The molecule has 0 aromatic carbocycles. The molecule has 38 heavy (non-hydrogen) atoms. The highest BCUT2D eigenvalue weighted by Gasteiger charge is 2.17. The second-order valence-electron chi connectivity index (χ2n) is 11.2. The van der Waals surface area contributed by atoms with Gasteiger partial charge in [-0.05, 0) is 32.1 Å². The van der Waals surface area contributed by atoms with Crippen molar-refractivity contribution in [2.75, 3.05) is 6.61 Å². The Hall–Kier alpha value is -1.13. The van der Waals surface area contributed by atoms with Gasteiger partial charge in [0.25, 0.3) is 0 Å². The number of hydrogen-bond donors (Lipinski definition) is 3. The quantitative estimate of drug-likeness (QED) is 0.0660. The van der Waals surface area contributed by atoms with Gasteiger partial charge in [0.15, 0.2) is 0 Å². The van der Waals surface area contributed by atoms with Crippen molar-refractivity contribution in [3.05, 3.63) is 24.3 Å². The van der Waals surface area contributed by atoms with Crippen LogP contribution in [0.5, 0.6) is 0 Å². The van der Waals surface area contributed by atoms with Gasteiger partial charge in [-0.3, -0.25) is 4.79 Å². The molecule has 0 saturated carbocycles. The number of nitrogens with one attached hydrogen (secondary N) is 1. The van der Waals surface area contributed by atoms with Crippen molar-refractivity contribution in [1.29, 1.82) is 0 Å². The van der Waals surface area contributed by atoms with Crippen molar-refractivity contribution < 1.29 is 15.0 Å². The normalized spacial score (nSPS) is 13.5. The fraction of sp³-hybridized carbons (Fsp3) is 0.853. The lowest BCUT2D eigenvalue weighted by atomic mass is 10.1. The maximum absolute atomic E-state index is 12.2. The fourth-order valence-corrected chi connectivity index (χ4v) is 4.84. The summed E-state index contributed by atoms with van der Waals surface area (Å²) < 4.78 is 0. The highest BCUT2D eigenvalue weighted by Crippen LogP contribution is 2.13. The number of aliphatic hydroxyl groups is 2. The molecule has 0 aliphatic rings. The highest BCUT2D eigenvalue weighted by atomic mass is 16.3. The van der Waals surface area contributed by atoms with E-state index in [0.29, 0.717) is 6.42 Å². The van der Waals surface area contributed by atoms with Gasteiger partial charge in [-0.2, -0.15) is 0 Å². The Kier molecular flexibility index (Phi) is 29.5. The highest BCUT2D eigenvalue weighted by molar-refractivity contribution is 5.76. The molecule has 0 unspecified atom stereocenters. The van der Waals surface area contributed by atoms with E-state index in [9.17, 15) is 15.0 Å². The summed E-state index contributed by atoms with van der Waals surface area (Å²) in [6.07, 6.45) is 36.9. The monoisotopic (exact) mass is 535 g/mol. The molecule has 224 valence electrons. The average Bonchev–Trinajstić information content (AvgIpc) is 2.92. The minimum absolute atomic E-state index is 0.0789. The predicted molar refractivity (Wildman–Crippen MR) is 165 cm³/mol. The lowest BCUT2D eigenvalue weighted by Crippen LogP contribution is -2.45. The molecule has 2 atom stereocenters. The van der Waals surface area contributed by atoms with E-state index < -0.39 is 12.1 Å². The lowest BCUT2D eigenvalue weighted by molar-refractivity contribution is -0.123. The topological polar surface area (TPSA) is 69.6 Å². The second kappa shape index (κ2) is 30.4. The molecule has 1 amide bonds. The van der Waals surface area contributed by atoms with Crippen molar-refractivity contribution in [2.45, 2.75) is 180 Å². The van der Waals surface area contributed by atoms with E-state index in [1.807, 2.05) is 6.08 Å². The molecule has 0 heterocycles. The van der Waals surface area contributed by atoms with Crippen molar-refractivity contribution in [3.8, 4) is 0 Å². The zero-order valence-electron chi connectivity index (χ0n) is 25.4. The van der Waals surface area contributed by atoms with Gasteiger partial charge in [-0.1, -0.05) is 154 Å². The summed E-state index contributed by atoms with van der Waals surface area (Å²) in [6, 6.07) is -0.631. The van der Waals surface area contributed by atoms with E-state index >= 15 is 0 Å². The van der Waals surface area contributed by atoms with E-state index in [4.69, 9.17) is 0 Å². The molecule has 0 bridgehead atoms. The zero-order chi connectivity index (χ0) is 27.9. The molecule has 0 fully saturated rings. The Labute approximate surface area is 237 Å². The van der Waals surface area contributed by atoms with Crippen LogP contribution in [0.1, 0.15) is 168 Å². The summed E-state index contributed by atoms with van der Waals surface area (Å²) >= 11 is 0. The van der Waals surface area contributed by atoms with Crippen molar-refractivity contribution in [3.63, 3.8) is 0 Å². The Bertz CT molecular complexity index is 546. The number of allylic oxidation sites excluding steroid dienone is 3. The van der Waals surface area contributed by atoms with Gasteiger partial charge in [0.05, 0.1) is 18.8 Å². The van der Waals surface area contributed by atoms with Gasteiger partial charge >= 0.3 is 0 Å². The molecule has 0 aromatic heterocycles. The Balaban J connectivity index is 3.69. The lowest BCUT2D eigenvalue weighted by Gasteiger charge is -2.19. The minimum Gasteiger partial charge on any atom is -0.394 e. The second-order valence-corrected chi connectivity index (χ2v) is 11.2. The standard InChI is InChI=1S/C34H65NO3/c1-3-5-7-9-11-13-14-15-16-17-18-19-20-22-23-25-27-29-33(37)32(31-36)35-34(38)30-28-26-24-21-12-10-8-6-4-2/h20,22,27,29,32-33,36-37H,3-19,21,23-26,28,30-31H2,1-2H3,(H,35,38)/b22-20+,29-27+/t32-,33-/m0/s1. The van der Waals surface area contributed by atoms with Crippen LogP contribution in [0, 0.1) is 0 Å². The summed E-state index contributed by atoms with van der Waals surface area (Å²) in [6.45, 7) is 4.26. The number of rotatable bonds is 29. The molecule has 3 N–H and O–H groups in total. The van der Waals surface area contributed by atoms with Crippen LogP contribution in [0.15, 0.2) is 24.3 Å². The maximum atomic E-state index is 12.2. The van der Waals surface area contributed by atoms with E-state index in [1.54, 1.807) is 6.08 Å². The van der Waals surface area contributed by atoms with Gasteiger partial charge in [0, 0.05) is 6.42 Å². The maximum Gasteiger partial charge on any atom is 0.220 e. The molecule has 0 aromatic rings. The van der Waals surface area contributed by atoms with Crippen LogP contribution < -0.4 is 5.32 Å². The fourth-order valence-electron chi connectivity index (χ4n) is 4.84. The molecule has 0 rings (SSSR count). The number of aliphatic hydroxyl groups excluding tert-OH is 2. The zero-order valence-corrected chi connectivity index (χ0v) is 25.4. The van der Waals surface area contributed by atoms with Crippen LogP contribution in [-0.4, -0.2) is 34.9 Å². The van der Waals surface area contributed by atoms with Crippen LogP contribution in [-0.2, 0) is 4.79 Å². The molecule has 0 aliphatic carbocycles. The van der Waals surface area contributed by atoms with E-state index in [2.05, 4.69) is 31.3 Å². The first-order valence-corrected chi connectivity index (χ1v) is 16.6. The summed E-state index contributed by atoms with van der Waals surface area (Å²) in [5.41, 5.74) is 0. The average molecular weight is 536 g/mol. The van der Waals surface area contributed by atoms with E-state index in [1.165, 1.54) is 116 Å². The van der Waals surface area contributed by atoms with Gasteiger partial charge in [0.1, 0.15) is 0 Å². The minimum atomic E-state index is -0.854. The number of carbonyl (C=O) groups is 1. The Morgan fingerprint density at radius 1 is 0.605 bits per heavy atom. The third kappa shape index (κ3) is 26.5. The van der Waals surface area contributed by atoms with Crippen LogP contribution in [0.3, 0.4) is 0 Å². The van der Waals surface area contributed by atoms with Gasteiger partial charge in [-0.25, -0.2) is 0 Å². The molecule has 0 aliphatic heterocycles. The van der Waals surface area contributed by atoms with Crippen molar-refractivity contribution in [2.24, 2.45) is 0 Å². The third-order valence-electron chi connectivity index (χ3n) is 7.44. The summed E-state index contributed by atoms with van der Waals surface area (Å²) in [5, 5.41) is 22.7. The first-order chi connectivity index (χ1) is 18.7. The van der Waals surface area contributed by atoms with Crippen LogP contribution in [0.2, 0.25) is 0 Å². The number of carbonyl (C=O) groups excluding carboxylic acids is 1. The van der Waals surface area contributed by atoms with Crippen LogP contribution in [0.25, 0.3) is 0 Å². The van der Waals surface area contributed by atoms with E-state index in [0.717, 1.165) is 32.1 Å². The van der Waals surface area contributed by atoms with E-state index in [-0.39, 0.29) is 12.5 Å². The number of amides is 1. The molecule has 0 radical (unpaired) electrons. The van der Waals surface area contributed by atoms with Gasteiger partial charge in [0.2, 0.25) is 5.91 Å². The number of unbranched alkanes of at least 4 members (excludes halogenated alkanes) is 20. The predicted octanol–water partition coefficient (Wildman–Crippen LogP) is 9.34. The molecule has 4 nitrogen and oxygen atoms in total. The summed E-state index contributed by atoms with van der Waals surface area (Å²) in [7, 11) is 0. The van der Waals surface area contributed by atoms with Gasteiger partial charge < -0.3 is 15.5 Å². The number of hydrogen-bond acceptors (Lipinski definition) is 3. The van der Waals surface area contributed by atoms with Crippen molar-refractivity contribution >= 4 is 5.91 Å². The first kappa shape index (κ1) is 36.9. The Morgan fingerprint density at radius 2 is 1.03 bits per heavy atom. The SMILES string of the molecule is CCCCCCCCCCCCC/C=C/CC/C=C/[C@H](O)[C@H](CO)NC(=O)CCCCCCCCCCC. The smallest absolute Gasteiger partial charge is 0.220 e. The molecule has 0 spiro atoms. The first-order valence-electron chi connectivity index (χ1n) is 16.6. The molecule has 0 saturated heterocycles. The molecular weight excluding hydrogens is 470 g/mol. The largest absolute Gasteiger partial charge is 0.394 e. The Morgan fingerprint density at radius 3 is 1.53 bits per heavy atom. The summed E-state index contributed by atoms with van der Waals surface area (Å²) in [4.78, 5) is 12.2. The third-order valence-corrected chi connectivity index (χ3v) is 7.44. The summed E-state index contributed by atoms with van der Waals surface area (Å²) in [5.74, 6) is -0.0789.